The van der Waals surface area contributed by atoms with Gasteiger partial charge in [0.25, 0.3) is 23.9 Å². The summed E-state index contributed by atoms with van der Waals surface area (Å²) in [6.07, 6.45) is 0. The zero-order chi connectivity index (χ0) is 14.3. The molecular formula is C8H24N2Na2O8. The minimum absolute atomic E-state index is 0. The van der Waals surface area contributed by atoms with E-state index >= 15 is 0 Å². The Labute approximate surface area is 164 Å². The summed E-state index contributed by atoms with van der Waals surface area (Å²) >= 11 is 0. The Morgan fingerprint density at radius 3 is 0.550 bits per heavy atom. The third kappa shape index (κ3) is 126000. The Kier molecular flexibility index (Phi) is 108. The van der Waals surface area contributed by atoms with Crippen molar-refractivity contribution in [2.45, 2.75) is 27.7 Å². The van der Waals surface area contributed by atoms with Gasteiger partial charge in [0.1, 0.15) is 0 Å². The average molecular weight is 322 g/mol. The number of carboxylic acid groups (broad SMARTS) is 4. The second-order valence-corrected chi connectivity index (χ2v) is 2.08. The van der Waals surface area contributed by atoms with E-state index in [1.54, 1.807) is 0 Å². The summed E-state index contributed by atoms with van der Waals surface area (Å²) in [6, 6.07) is 0. The van der Waals surface area contributed by atoms with Crippen LogP contribution in [0.15, 0.2) is 0 Å². The van der Waals surface area contributed by atoms with Crippen LogP contribution < -0.4 is 71.4 Å². The zero-order valence-corrected chi connectivity index (χ0v) is 16.8. The van der Waals surface area contributed by atoms with Crippen molar-refractivity contribution in [3.8, 4) is 0 Å². The molecule has 0 saturated heterocycles. The zero-order valence-electron chi connectivity index (χ0n) is 14.8. The van der Waals surface area contributed by atoms with Gasteiger partial charge in [-0.2, -0.15) is 0 Å². The van der Waals surface area contributed by atoms with Gasteiger partial charge in [-0.05, 0) is 0 Å². The van der Waals surface area contributed by atoms with E-state index in [9.17, 15) is 0 Å². The Balaban J connectivity index is -0.00000001000. The van der Waals surface area contributed by atoms with Crippen molar-refractivity contribution in [1.82, 2.24) is 12.3 Å². The molecule has 0 radical (unpaired) electrons. The Morgan fingerprint density at radius 2 is 0.550 bits per heavy atom. The van der Waals surface area contributed by atoms with E-state index in [2.05, 4.69) is 0 Å². The maximum Gasteiger partial charge on any atom is 1.00 e. The standard InChI is InChI=1S/4C2H4O2.2H3N.2Na.2H/c4*1-2(3)4;;;;;;/h4*1H3,(H,3,4);2*1H3;;;;/q;;;;;;2*+1;2*-1. The molecule has 0 atom stereocenters. The molecule has 116 valence electrons. The summed E-state index contributed by atoms with van der Waals surface area (Å²) in [4.78, 5) is 36.0. The molecule has 0 heterocycles. The Bertz CT molecular complexity index is 184. The summed E-state index contributed by atoms with van der Waals surface area (Å²) < 4.78 is 0. The molecule has 0 fully saturated rings. The smallest absolute Gasteiger partial charge is 1.00 e. The molecule has 12 heteroatoms. The van der Waals surface area contributed by atoms with E-state index in [0.29, 0.717) is 0 Å². The molecule has 0 amide bonds. The number of carboxylic acids is 4. The third-order valence-electron chi connectivity index (χ3n) is 0. The second-order valence-electron chi connectivity index (χ2n) is 2.08. The molecule has 0 rings (SSSR count). The molecule has 0 aromatic rings. The van der Waals surface area contributed by atoms with Crippen LogP contribution in [0.3, 0.4) is 0 Å². The topological polar surface area (TPSA) is 219 Å². The van der Waals surface area contributed by atoms with Crippen molar-refractivity contribution in [3.63, 3.8) is 0 Å². The fourth-order valence-corrected chi connectivity index (χ4v) is 0. The monoisotopic (exact) mass is 322 g/mol. The predicted molar refractivity (Wildman–Crippen MR) is 65.5 cm³/mol. The quantitative estimate of drug-likeness (QED) is 0.233. The first-order chi connectivity index (χ1) is 6.93. The molecule has 0 aromatic carbocycles. The molecule has 0 unspecified atom stereocenters. The van der Waals surface area contributed by atoms with Crippen LogP contribution in [-0.2, 0) is 19.2 Å². The molecule has 0 aliphatic carbocycles. The molecular weight excluding hydrogens is 298 g/mol. The average Bonchev–Trinajstić information content (AvgIpc) is 1.76. The van der Waals surface area contributed by atoms with Crippen LogP contribution >= 0.6 is 0 Å². The van der Waals surface area contributed by atoms with Crippen LogP contribution in [-0.4, -0.2) is 44.3 Å². The fourth-order valence-electron chi connectivity index (χ4n) is 0. The minimum Gasteiger partial charge on any atom is -1.00 e. The third-order valence-corrected chi connectivity index (χ3v) is 0. The summed E-state index contributed by atoms with van der Waals surface area (Å²) in [5.41, 5.74) is 0. The van der Waals surface area contributed by atoms with Gasteiger partial charge >= 0.3 is 59.1 Å². The molecule has 10 N–H and O–H groups in total. The van der Waals surface area contributed by atoms with Gasteiger partial charge in [0.15, 0.2) is 0 Å². The van der Waals surface area contributed by atoms with E-state index in [1.165, 1.54) is 0 Å². The predicted octanol–water partition coefficient (Wildman–Crippen LogP) is -5.08. The first kappa shape index (κ1) is 50.3. The van der Waals surface area contributed by atoms with Crippen molar-refractivity contribution < 1.29 is 102 Å². The number of hydrogen-bond donors (Lipinski definition) is 6. The number of hydrogen-bond acceptors (Lipinski definition) is 6. The van der Waals surface area contributed by atoms with Gasteiger partial charge in [-0.1, -0.05) is 0 Å². The maximum absolute atomic E-state index is 9.00. The molecule has 10 nitrogen and oxygen atoms in total. The molecule has 0 saturated carbocycles. The minimum atomic E-state index is -0.833. The number of aliphatic carboxylic acids is 4. The van der Waals surface area contributed by atoms with Crippen molar-refractivity contribution in [1.29, 1.82) is 0 Å². The molecule has 0 aliphatic heterocycles. The van der Waals surface area contributed by atoms with Gasteiger partial charge in [-0.15, -0.1) is 0 Å². The van der Waals surface area contributed by atoms with Gasteiger partial charge in [-0.3, -0.25) is 19.2 Å². The van der Waals surface area contributed by atoms with Crippen molar-refractivity contribution in [2.24, 2.45) is 0 Å². The van der Waals surface area contributed by atoms with E-state index in [-0.39, 0.29) is 74.3 Å². The molecule has 20 heavy (non-hydrogen) atoms. The first-order valence-corrected chi connectivity index (χ1v) is 3.71. The van der Waals surface area contributed by atoms with E-state index < -0.39 is 23.9 Å². The molecule has 0 aromatic heterocycles. The second kappa shape index (κ2) is 42.8. The van der Waals surface area contributed by atoms with Gasteiger partial charge < -0.3 is 35.6 Å². The van der Waals surface area contributed by atoms with Gasteiger partial charge in [-0.25, -0.2) is 0 Å². The summed E-state index contributed by atoms with van der Waals surface area (Å²) in [5.74, 6) is -3.33. The first-order valence-electron chi connectivity index (χ1n) is 3.71. The summed E-state index contributed by atoms with van der Waals surface area (Å²) in [6.45, 7) is 4.33. The van der Waals surface area contributed by atoms with Crippen LogP contribution in [0.5, 0.6) is 0 Å². The van der Waals surface area contributed by atoms with Crippen molar-refractivity contribution in [2.75, 3.05) is 0 Å². The van der Waals surface area contributed by atoms with Crippen molar-refractivity contribution in [3.05, 3.63) is 0 Å². The van der Waals surface area contributed by atoms with Crippen molar-refractivity contribution >= 4 is 23.9 Å². The van der Waals surface area contributed by atoms with E-state index in [1.807, 2.05) is 0 Å². The normalized spacial score (nSPS) is 5.00. The van der Waals surface area contributed by atoms with Crippen LogP contribution in [0.2, 0.25) is 0 Å². The Hall–Kier alpha value is -0.200. The molecule has 0 aliphatic rings. The largest absolute Gasteiger partial charge is 1.00 e. The molecule has 0 spiro atoms. The fraction of sp³-hybridized carbons (Fsp3) is 0.500. The van der Waals surface area contributed by atoms with Crippen LogP contribution in [0.4, 0.5) is 0 Å². The van der Waals surface area contributed by atoms with Crippen LogP contribution in [0.25, 0.3) is 0 Å². The van der Waals surface area contributed by atoms with E-state index in [4.69, 9.17) is 39.6 Å². The number of carbonyl (C=O) groups is 4. The van der Waals surface area contributed by atoms with Gasteiger partial charge in [0.2, 0.25) is 0 Å². The van der Waals surface area contributed by atoms with E-state index in [0.717, 1.165) is 27.7 Å². The maximum atomic E-state index is 9.00. The van der Waals surface area contributed by atoms with Crippen LogP contribution in [0, 0.1) is 0 Å². The SMILES string of the molecule is CC(=O)O.CC(=O)O.CC(=O)O.CC(=O)O.N.N.[H-].[H-].[Na+].[Na+]. The summed E-state index contributed by atoms with van der Waals surface area (Å²) in [5, 5.41) is 29.7. The molecule has 0 bridgehead atoms. The van der Waals surface area contributed by atoms with Crippen LogP contribution in [0.1, 0.15) is 30.5 Å². The number of rotatable bonds is 0. The van der Waals surface area contributed by atoms with Gasteiger partial charge in [0, 0.05) is 27.7 Å². The summed E-state index contributed by atoms with van der Waals surface area (Å²) in [7, 11) is 0. The van der Waals surface area contributed by atoms with Gasteiger partial charge in [0.05, 0.1) is 0 Å². The Morgan fingerprint density at radius 1 is 0.550 bits per heavy atom.